The molecule has 0 aliphatic rings. The van der Waals surface area contributed by atoms with Crippen LogP contribution in [0.3, 0.4) is 0 Å². The van der Waals surface area contributed by atoms with Crippen LogP contribution in [0.1, 0.15) is 11.3 Å². The van der Waals surface area contributed by atoms with Gasteiger partial charge in [-0.25, -0.2) is 9.97 Å². The van der Waals surface area contributed by atoms with Crippen LogP contribution in [0.2, 0.25) is 0 Å². The fourth-order valence-electron chi connectivity index (χ4n) is 1.67. The van der Waals surface area contributed by atoms with Gasteiger partial charge in [0.25, 0.3) is 0 Å². The molecule has 2 rings (SSSR count). The van der Waals surface area contributed by atoms with Crippen molar-refractivity contribution in [2.45, 2.75) is 13.8 Å². The molecule has 0 radical (unpaired) electrons. The summed E-state index contributed by atoms with van der Waals surface area (Å²) in [6.45, 7) is 4.03. The van der Waals surface area contributed by atoms with Crippen LogP contribution in [0, 0.1) is 13.8 Å². The number of hydrogen-bond donors (Lipinski definition) is 0. The Morgan fingerprint density at radius 2 is 1.93 bits per heavy atom. The summed E-state index contributed by atoms with van der Waals surface area (Å²) in [7, 11) is 1.66. The minimum Gasteiger partial charge on any atom is -0.497 e. The first-order valence-electron chi connectivity index (χ1n) is 4.48. The third-order valence-electron chi connectivity index (χ3n) is 2.33. The van der Waals surface area contributed by atoms with Crippen molar-refractivity contribution in [1.29, 1.82) is 0 Å². The number of methoxy groups -OCH3 is 1. The van der Waals surface area contributed by atoms with E-state index < -0.39 is 0 Å². The highest BCUT2D eigenvalue weighted by Crippen LogP contribution is 2.24. The van der Waals surface area contributed by atoms with E-state index in [-0.39, 0.29) is 0 Å². The summed E-state index contributed by atoms with van der Waals surface area (Å²) < 4.78 is 5.18. The van der Waals surface area contributed by atoms with Gasteiger partial charge in [-0.1, -0.05) is 0 Å². The normalized spacial score (nSPS) is 10.5. The third kappa shape index (κ3) is 1.31. The first-order valence-corrected chi connectivity index (χ1v) is 4.48. The van der Waals surface area contributed by atoms with Crippen LogP contribution in [-0.2, 0) is 0 Å². The van der Waals surface area contributed by atoms with Gasteiger partial charge in [0, 0.05) is 17.1 Å². The van der Waals surface area contributed by atoms with Crippen LogP contribution in [0.5, 0.6) is 5.75 Å². The predicted octanol–water partition coefficient (Wildman–Crippen LogP) is 2.26. The second-order valence-electron chi connectivity index (χ2n) is 3.30. The Kier molecular flexibility index (Phi) is 2.08. The van der Waals surface area contributed by atoms with E-state index in [1.54, 1.807) is 13.4 Å². The lowest BCUT2D eigenvalue weighted by Gasteiger charge is -2.06. The number of benzene rings is 1. The van der Waals surface area contributed by atoms with Gasteiger partial charge >= 0.3 is 0 Å². The minimum atomic E-state index is 0.841. The maximum absolute atomic E-state index is 5.18. The molecule has 0 spiro atoms. The van der Waals surface area contributed by atoms with E-state index in [4.69, 9.17) is 4.74 Å². The molecule has 14 heavy (non-hydrogen) atoms. The average molecular weight is 188 g/mol. The Labute approximate surface area is 82.8 Å². The van der Waals surface area contributed by atoms with Gasteiger partial charge < -0.3 is 4.74 Å². The average Bonchev–Trinajstić information content (AvgIpc) is 2.17. The minimum absolute atomic E-state index is 0.841. The van der Waals surface area contributed by atoms with Gasteiger partial charge in [-0.3, -0.25) is 0 Å². The standard InChI is InChI=1S/C11H12N2O/c1-7-4-9(14-3)5-10-11(7)8(2)12-6-13-10/h4-6H,1-3H3. The van der Waals surface area contributed by atoms with Crippen molar-refractivity contribution in [3.8, 4) is 5.75 Å². The highest BCUT2D eigenvalue weighted by Gasteiger charge is 2.04. The molecule has 1 aromatic carbocycles. The highest BCUT2D eigenvalue weighted by molar-refractivity contribution is 5.85. The largest absolute Gasteiger partial charge is 0.497 e. The number of fused-ring (bicyclic) bond motifs is 1. The lowest BCUT2D eigenvalue weighted by atomic mass is 10.1. The number of aryl methyl sites for hydroxylation is 2. The van der Waals surface area contributed by atoms with Crippen LogP contribution >= 0.6 is 0 Å². The van der Waals surface area contributed by atoms with Gasteiger partial charge in [-0.15, -0.1) is 0 Å². The van der Waals surface area contributed by atoms with Crippen molar-refractivity contribution in [3.63, 3.8) is 0 Å². The summed E-state index contributed by atoms with van der Waals surface area (Å²) in [5.74, 6) is 0.841. The van der Waals surface area contributed by atoms with Gasteiger partial charge in [0.05, 0.1) is 12.6 Å². The summed E-state index contributed by atoms with van der Waals surface area (Å²) in [6, 6.07) is 3.93. The summed E-state index contributed by atoms with van der Waals surface area (Å²) in [6.07, 6.45) is 1.58. The molecule has 0 atom stereocenters. The van der Waals surface area contributed by atoms with Gasteiger partial charge in [-0.2, -0.15) is 0 Å². The van der Waals surface area contributed by atoms with Crippen LogP contribution in [0.25, 0.3) is 10.9 Å². The van der Waals surface area contributed by atoms with Crippen molar-refractivity contribution in [2.24, 2.45) is 0 Å². The second kappa shape index (κ2) is 3.25. The molecule has 0 fully saturated rings. The Morgan fingerprint density at radius 3 is 2.64 bits per heavy atom. The maximum atomic E-state index is 5.18. The quantitative estimate of drug-likeness (QED) is 0.688. The van der Waals surface area contributed by atoms with Crippen molar-refractivity contribution in [3.05, 3.63) is 29.7 Å². The van der Waals surface area contributed by atoms with E-state index in [1.165, 1.54) is 0 Å². The summed E-state index contributed by atoms with van der Waals surface area (Å²) in [5, 5.41) is 1.12. The molecule has 1 heterocycles. The number of ether oxygens (including phenoxy) is 1. The van der Waals surface area contributed by atoms with Crippen LogP contribution in [0.15, 0.2) is 18.5 Å². The molecule has 0 bridgehead atoms. The molecule has 3 heteroatoms. The Balaban J connectivity index is 2.83. The van der Waals surface area contributed by atoms with E-state index in [1.807, 2.05) is 26.0 Å². The monoisotopic (exact) mass is 188 g/mol. The van der Waals surface area contributed by atoms with Gasteiger partial charge in [0.1, 0.15) is 12.1 Å². The fraction of sp³-hybridized carbons (Fsp3) is 0.273. The molecule has 72 valence electrons. The molecule has 0 saturated heterocycles. The number of rotatable bonds is 1. The lowest BCUT2D eigenvalue weighted by molar-refractivity contribution is 0.415. The molecule has 3 nitrogen and oxygen atoms in total. The second-order valence-corrected chi connectivity index (χ2v) is 3.30. The first-order chi connectivity index (χ1) is 6.72. The van der Waals surface area contributed by atoms with E-state index in [9.17, 15) is 0 Å². The predicted molar refractivity (Wildman–Crippen MR) is 55.6 cm³/mol. The SMILES string of the molecule is COc1cc(C)c2c(C)ncnc2c1. The van der Waals surface area contributed by atoms with Gasteiger partial charge in [0.2, 0.25) is 0 Å². The number of nitrogens with zero attached hydrogens (tertiary/aromatic N) is 2. The topological polar surface area (TPSA) is 35.0 Å². The van der Waals surface area contributed by atoms with Crippen molar-refractivity contribution < 1.29 is 4.74 Å². The van der Waals surface area contributed by atoms with Gasteiger partial charge in [-0.05, 0) is 25.5 Å². The van der Waals surface area contributed by atoms with Crippen LogP contribution in [-0.4, -0.2) is 17.1 Å². The van der Waals surface area contributed by atoms with Crippen molar-refractivity contribution >= 4 is 10.9 Å². The molecule has 0 amide bonds. The summed E-state index contributed by atoms with van der Waals surface area (Å²) in [4.78, 5) is 8.39. The maximum Gasteiger partial charge on any atom is 0.121 e. The first kappa shape index (κ1) is 8.94. The molecule has 0 N–H and O–H groups in total. The van der Waals surface area contributed by atoms with Crippen molar-refractivity contribution in [2.75, 3.05) is 7.11 Å². The third-order valence-corrected chi connectivity index (χ3v) is 2.33. The number of aromatic nitrogens is 2. The summed E-state index contributed by atoms with van der Waals surface area (Å²) in [5.41, 5.74) is 3.10. The molecule has 0 aliphatic carbocycles. The van der Waals surface area contributed by atoms with E-state index >= 15 is 0 Å². The fourth-order valence-corrected chi connectivity index (χ4v) is 1.67. The molecule has 1 aromatic heterocycles. The van der Waals surface area contributed by atoms with Crippen molar-refractivity contribution in [1.82, 2.24) is 9.97 Å². The Hall–Kier alpha value is -1.64. The van der Waals surface area contributed by atoms with E-state index in [0.717, 1.165) is 27.9 Å². The highest BCUT2D eigenvalue weighted by atomic mass is 16.5. The lowest BCUT2D eigenvalue weighted by Crippen LogP contribution is -1.92. The zero-order valence-electron chi connectivity index (χ0n) is 8.53. The Bertz CT molecular complexity index is 480. The molecule has 0 aliphatic heterocycles. The molecular weight excluding hydrogens is 176 g/mol. The van der Waals surface area contributed by atoms with E-state index in [2.05, 4.69) is 9.97 Å². The molecule has 2 aromatic rings. The zero-order valence-corrected chi connectivity index (χ0v) is 8.53. The molecule has 0 saturated carbocycles. The van der Waals surface area contributed by atoms with Crippen LogP contribution < -0.4 is 4.74 Å². The van der Waals surface area contributed by atoms with E-state index in [0.29, 0.717) is 0 Å². The smallest absolute Gasteiger partial charge is 0.121 e. The molecular formula is C11H12N2O. The molecule has 0 unspecified atom stereocenters. The number of hydrogen-bond acceptors (Lipinski definition) is 3. The summed E-state index contributed by atoms with van der Waals surface area (Å²) >= 11 is 0. The Morgan fingerprint density at radius 1 is 1.14 bits per heavy atom. The zero-order chi connectivity index (χ0) is 10.1. The van der Waals surface area contributed by atoms with Gasteiger partial charge in [0.15, 0.2) is 0 Å². The van der Waals surface area contributed by atoms with Crippen LogP contribution in [0.4, 0.5) is 0 Å².